The van der Waals surface area contributed by atoms with Crippen molar-refractivity contribution in [3.8, 4) is 27.7 Å². The summed E-state index contributed by atoms with van der Waals surface area (Å²) in [6, 6.07) is 15.0. The zero-order chi connectivity index (χ0) is 22.1. The van der Waals surface area contributed by atoms with E-state index in [-0.39, 0.29) is 24.8 Å². The Balaban J connectivity index is 1.30. The van der Waals surface area contributed by atoms with Crippen molar-refractivity contribution in [3.05, 3.63) is 70.8 Å². The summed E-state index contributed by atoms with van der Waals surface area (Å²) in [5.74, 6) is 1.84. The quantitative estimate of drug-likeness (QED) is 0.486. The summed E-state index contributed by atoms with van der Waals surface area (Å²) in [6.07, 6.45) is 1.41. The molecule has 0 radical (unpaired) electrons. The van der Waals surface area contributed by atoms with Crippen molar-refractivity contribution in [1.82, 2.24) is 14.9 Å². The summed E-state index contributed by atoms with van der Waals surface area (Å²) >= 11 is 1.36. The predicted octanol–water partition coefficient (Wildman–Crippen LogP) is 3.18. The highest BCUT2D eigenvalue weighted by atomic mass is 32.1. The zero-order valence-electron chi connectivity index (χ0n) is 17.2. The Morgan fingerprint density at radius 3 is 2.78 bits per heavy atom. The summed E-state index contributed by atoms with van der Waals surface area (Å²) in [4.78, 5) is 30.6. The third-order valence-corrected chi connectivity index (χ3v) is 6.28. The van der Waals surface area contributed by atoms with E-state index in [0.29, 0.717) is 28.3 Å². The topological polar surface area (TPSA) is 91.7 Å². The van der Waals surface area contributed by atoms with E-state index in [9.17, 15) is 9.59 Å². The van der Waals surface area contributed by atoms with Crippen LogP contribution in [0.4, 0.5) is 0 Å². The van der Waals surface area contributed by atoms with Gasteiger partial charge in [0, 0.05) is 11.4 Å². The molecule has 0 fully saturated rings. The summed E-state index contributed by atoms with van der Waals surface area (Å²) in [6.45, 7) is 0.412. The van der Waals surface area contributed by atoms with Gasteiger partial charge in [-0.3, -0.25) is 14.2 Å². The van der Waals surface area contributed by atoms with Crippen LogP contribution >= 0.6 is 11.3 Å². The van der Waals surface area contributed by atoms with Crippen LogP contribution in [0.2, 0.25) is 0 Å². The Morgan fingerprint density at radius 2 is 1.97 bits per heavy atom. The van der Waals surface area contributed by atoms with Crippen molar-refractivity contribution in [2.45, 2.75) is 13.1 Å². The summed E-state index contributed by atoms with van der Waals surface area (Å²) < 4.78 is 17.7. The van der Waals surface area contributed by atoms with E-state index in [1.54, 1.807) is 7.11 Å². The molecule has 32 heavy (non-hydrogen) atoms. The van der Waals surface area contributed by atoms with Crippen LogP contribution in [-0.4, -0.2) is 29.4 Å². The smallest absolute Gasteiger partial charge is 0.271 e. The molecule has 9 heteroatoms. The number of hydrogen-bond acceptors (Lipinski definition) is 7. The van der Waals surface area contributed by atoms with Crippen molar-refractivity contribution in [2.75, 3.05) is 13.9 Å². The number of benzene rings is 2. The number of thiophene rings is 1. The lowest BCUT2D eigenvalue weighted by Gasteiger charge is -2.08. The molecule has 162 valence electrons. The number of fused-ring (bicyclic) bond motifs is 2. The van der Waals surface area contributed by atoms with Crippen molar-refractivity contribution >= 4 is 27.5 Å². The average molecular weight is 449 g/mol. The number of hydrogen-bond donors (Lipinski definition) is 1. The van der Waals surface area contributed by atoms with Gasteiger partial charge in [-0.15, -0.1) is 11.3 Å². The van der Waals surface area contributed by atoms with Crippen LogP contribution in [0.5, 0.6) is 17.2 Å². The summed E-state index contributed by atoms with van der Waals surface area (Å²) in [7, 11) is 1.62. The molecule has 0 unspecified atom stereocenters. The number of methoxy groups -OCH3 is 1. The molecular formula is C23H19N3O5S. The monoisotopic (exact) mass is 449 g/mol. The largest absolute Gasteiger partial charge is 0.497 e. The molecule has 0 saturated carbocycles. The van der Waals surface area contributed by atoms with Gasteiger partial charge in [-0.2, -0.15) is 0 Å². The fourth-order valence-corrected chi connectivity index (χ4v) is 4.48. The normalized spacial score (nSPS) is 12.2. The molecule has 0 saturated heterocycles. The maximum Gasteiger partial charge on any atom is 0.271 e. The second kappa shape index (κ2) is 8.35. The van der Waals surface area contributed by atoms with Gasteiger partial charge in [-0.05, 0) is 53.6 Å². The van der Waals surface area contributed by atoms with Gasteiger partial charge in [0.15, 0.2) is 11.5 Å². The first kappa shape index (κ1) is 20.1. The minimum Gasteiger partial charge on any atom is -0.497 e. The lowest BCUT2D eigenvalue weighted by atomic mass is 10.2. The molecule has 1 aliphatic heterocycles. The van der Waals surface area contributed by atoms with E-state index in [2.05, 4.69) is 10.3 Å². The predicted molar refractivity (Wildman–Crippen MR) is 120 cm³/mol. The van der Waals surface area contributed by atoms with Crippen molar-refractivity contribution in [2.24, 2.45) is 0 Å². The fourth-order valence-electron chi connectivity index (χ4n) is 3.42. The van der Waals surface area contributed by atoms with E-state index in [4.69, 9.17) is 14.2 Å². The molecule has 4 aromatic rings. The Hall–Kier alpha value is -3.85. The molecular weight excluding hydrogens is 430 g/mol. The first-order chi connectivity index (χ1) is 15.6. The minimum absolute atomic E-state index is 0.109. The van der Waals surface area contributed by atoms with Gasteiger partial charge in [-0.25, -0.2) is 4.98 Å². The molecule has 2 aromatic heterocycles. The molecule has 3 heterocycles. The van der Waals surface area contributed by atoms with E-state index < -0.39 is 0 Å². The van der Waals surface area contributed by atoms with E-state index in [0.717, 1.165) is 21.8 Å². The van der Waals surface area contributed by atoms with Gasteiger partial charge in [0.25, 0.3) is 5.56 Å². The molecule has 2 aromatic carbocycles. The number of nitrogens with zero attached hydrogens (tertiary/aromatic N) is 2. The van der Waals surface area contributed by atoms with Crippen LogP contribution in [0.15, 0.2) is 59.7 Å². The number of nitrogens with one attached hydrogen (secondary N) is 1. The highest BCUT2D eigenvalue weighted by molar-refractivity contribution is 7.22. The van der Waals surface area contributed by atoms with Gasteiger partial charge in [0.2, 0.25) is 12.7 Å². The Kier molecular flexibility index (Phi) is 5.24. The Bertz CT molecular complexity index is 1360. The second-order valence-electron chi connectivity index (χ2n) is 7.20. The van der Waals surface area contributed by atoms with Gasteiger partial charge >= 0.3 is 0 Å². The highest BCUT2D eigenvalue weighted by Gasteiger charge is 2.15. The third-order valence-electron chi connectivity index (χ3n) is 5.12. The number of aromatic nitrogens is 2. The fraction of sp³-hybridized carbons (Fsp3) is 0.174. The SMILES string of the molecule is COc1ccc(-c2cc3ncn(CC(=O)NCc4ccc5c(c4)OCO5)c(=O)c3s2)cc1. The molecule has 0 aliphatic carbocycles. The standard InChI is InChI=1S/C23H19N3O5S/c1-29-16-5-3-15(4-6-16)20-9-17-22(32-20)23(28)26(12-25-17)11-21(27)24-10-14-2-7-18-19(8-14)31-13-30-18/h2-9,12H,10-11,13H2,1H3,(H,24,27). The maximum absolute atomic E-state index is 12.9. The minimum atomic E-state index is -0.280. The maximum atomic E-state index is 12.9. The van der Waals surface area contributed by atoms with E-state index in [1.165, 1.54) is 22.2 Å². The van der Waals surface area contributed by atoms with Crippen LogP contribution in [0, 0.1) is 0 Å². The Labute approximate surface area is 187 Å². The number of carbonyl (C=O) groups excluding carboxylic acids is 1. The summed E-state index contributed by atoms with van der Waals surface area (Å²) in [5.41, 5.74) is 2.23. The molecule has 0 atom stereocenters. The first-order valence-electron chi connectivity index (χ1n) is 9.89. The molecule has 1 aliphatic rings. The molecule has 0 bridgehead atoms. The molecule has 1 N–H and O–H groups in total. The summed E-state index contributed by atoms with van der Waals surface area (Å²) in [5, 5.41) is 2.82. The molecule has 0 spiro atoms. The first-order valence-corrected chi connectivity index (χ1v) is 10.7. The Morgan fingerprint density at radius 1 is 1.16 bits per heavy atom. The van der Waals surface area contributed by atoms with E-state index in [1.807, 2.05) is 48.5 Å². The van der Waals surface area contributed by atoms with Crippen LogP contribution in [0.1, 0.15) is 5.56 Å². The van der Waals surface area contributed by atoms with Crippen LogP contribution < -0.4 is 25.1 Å². The average Bonchev–Trinajstić information content (AvgIpc) is 3.47. The van der Waals surface area contributed by atoms with Crippen LogP contribution in [-0.2, 0) is 17.9 Å². The lowest BCUT2D eigenvalue weighted by molar-refractivity contribution is -0.121. The van der Waals surface area contributed by atoms with Gasteiger partial charge < -0.3 is 19.5 Å². The molecule has 8 nitrogen and oxygen atoms in total. The molecule has 1 amide bonds. The van der Waals surface area contributed by atoms with Gasteiger partial charge in [0.1, 0.15) is 17.0 Å². The zero-order valence-corrected chi connectivity index (χ0v) is 18.0. The number of rotatable bonds is 6. The van der Waals surface area contributed by atoms with Gasteiger partial charge in [-0.1, -0.05) is 6.07 Å². The van der Waals surface area contributed by atoms with Crippen molar-refractivity contribution < 1.29 is 19.0 Å². The highest BCUT2D eigenvalue weighted by Crippen LogP contribution is 2.33. The lowest BCUT2D eigenvalue weighted by Crippen LogP contribution is -2.31. The second-order valence-corrected chi connectivity index (χ2v) is 8.25. The van der Waals surface area contributed by atoms with E-state index >= 15 is 0 Å². The number of carbonyl (C=O) groups is 1. The third kappa shape index (κ3) is 3.90. The number of ether oxygens (including phenoxy) is 3. The number of amides is 1. The van der Waals surface area contributed by atoms with Crippen molar-refractivity contribution in [3.63, 3.8) is 0 Å². The van der Waals surface area contributed by atoms with Crippen LogP contribution in [0.3, 0.4) is 0 Å². The van der Waals surface area contributed by atoms with Gasteiger partial charge in [0.05, 0.1) is 19.0 Å². The van der Waals surface area contributed by atoms with Crippen LogP contribution in [0.25, 0.3) is 20.7 Å². The molecule has 5 rings (SSSR count). The van der Waals surface area contributed by atoms with Crippen molar-refractivity contribution in [1.29, 1.82) is 0 Å².